The van der Waals surface area contributed by atoms with Gasteiger partial charge >= 0.3 is 5.97 Å². The van der Waals surface area contributed by atoms with Crippen LogP contribution in [0, 0.1) is 0 Å². The van der Waals surface area contributed by atoms with Crippen molar-refractivity contribution in [3.8, 4) is 0 Å². The molecule has 0 fully saturated rings. The van der Waals surface area contributed by atoms with Gasteiger partial charge in [0.15, 0.2) is 6.04 Å². The largest absolute Gasteiger partial charge is 0.479 e. The second-order valence-corrected chi connectivity index (χ2v) is 8.93. The first kappa shape index (κ1) is 22.3. The quantitative estimate of drug-likeness (QED) is 0.449. The van der Waals surface area contributed by atoms with E-state index in [1.165, 1.54) is 24.3 Å². The van der Waals surface area contributed by atoms with Crippen LogP contribution < -0.4 is 5.32 Å². The molecule has 2 N–H and O–H groups in total. The number of benzene rings is 3. The van der Waals surface area contributed by atoms with Gasteiger partial charge in [-0.3, -0.25) is 9.59 Å². The van der Waals surface area contributed by atoms with E-state index < -0.39 is 29.9 Å². The van der Waals surface area contributed by atoms with Gasteiger partial charge in [-0.05, 0) is 53.6 Å². The van der Waals surface area contributed by atoms with Crippen molar-refractivity contribution < 1.29 is 19.5 Å². The Morgan fingerprint density at radius 2 is 1.56 bits per heavy atom. The Bertz CT molecular complexity index is 1220. The minimum absolute atomic E-state index is 0.171. The standard InChI is InChI=1S/C23H15BrCl2N2O4/c24-14-5-10-18-17(11-14)22(30)28(20(23(31)32)13-3-8-16(26)9-4-13)19(21(29)27-18)12-1-6-15(25)7-2-12/h1-11,19-20H,(H,27,29)(H,31,32). The zero-order valence-electron chi connectivity index (χ0n) is 16.3. The average molecular weight is 534 g/mol. The summed E-state index contributed by atoms with van der Waals surface area (Å²) in [6.45, 7) is 0. The first-order chi connectivity index (χ1) is 15.3. The van der Waals surface area contributed by atoms with E-state index >= 15 is 0 Å². The van der Waals surface area contributed by atoms with Crippen molar-refractivity contribution in [3.63, 3.8) is 0 Å². The van der Waals surface area contributed by atoms with Crippen molar-refractivity contribution in [1.82, 2.24) is 4.90 Å². The van der Waals surface area contributed by atoms with Crippen molar-refractivity contribution in [1.29, 1.82) is 0 Å². The molecular formula is C23H15BrCl2N2O4. The number of amides is 2. The summed E-state index contributed by atoms with van der Waals surface area (Å²) in [7, 11) is 0. The molecule has 9 heteroatoms. The molecule has 1 aliphatic heterocycles. The molecule has 3 aromatic rings. The van der Waals surface area contributed by atoms with E-state index in [-0.39, 0.29) is 5.56 Å². The van der Waals surface area contributed by atoms with Crippen LogP contribution in [0.5, 0.6) is 0 Å². The van der Waals surface area contributed by atoms with Crippen LogP contribution in [0.2, 0.25) is 10.0 Å². The molecule has 162 valence electrons. The van der Waals surface area contributed by atoms with Crippen LogP contribution in [0.25, 0.3) is 0 Å². The smallest absolute Gasteiger partial charge is 0.331 e. The van der Waals surface area contributed by atoms with E-state index in [4.69, 9.17) is 23.2 Å². The molecule has 4 rings (SSSR count). The number of aliphatic carboxylic acids is 1. The van der Waals surface area contributed by atoms with E-state index in [0.29, 0.717) is 31.3 Å². The number of rotatable bonds is 4. The van der Waals surface area contributed by atoms with Crippen LogP contribution in [0.1, 0.15) is 33.6 Å². The van der Waals surface area contributed by atoms with Crippen LogP contribution in [-0.4, -0.2) is 27.8 Å². The van der Waals surface area contributed by atoms with Gasteiger partial charge in [-0.1, -0.05) is 63.4 Å². The molecule has 2 unspecified atom stereocenters. The molecule has 1 aliphatic rings. The Labute approximate surface area is 201 Å². The molecule has 3 aromatic carbocycles. The number of halogens is 3. The van der Waals surface area contributed by atoms with Gasteiger partial charge in [0, 0.05) is 14.5 Å². The average Bonchev–Trinajstić information content (AvgIpc) is 2.85. The van der Waals surface area contributed by atoms with Crippen LogP contribution in [-0.2, 0) is 9.59 Å². The lowest BCUT2D eigenvalue weighted by atomic mass is 9.98. The Morgan fingerprint density at radius 1 is 0.969 bits per heavy atom. The Kier molecular flexibility index (Phi) is 6.24. The first-order valence-electron chi connectivity index (χ1n) is 9.43. The molecule has 0 spiro atoms. The highest BCUT2D eigenvalue weighted by atomic mass is 79.9. The summed E-state index contributed by atoms with van der Waals surface area (Å²) >= 11 is 15.3. The minimum Gasteiger partial charge on any atom is -0.479 e. The summed E-state index contributed by atoms with van der Waals surface area (Å²) in [6, 6.07) is 14.7. The minimum atomic E-state index is -1.45. The Balaban J connectivity index is 1.95. The van der Waals surface area contributed by atoms with E-state index in [2.05, 4.69) is 21.2 Å². The topological polar surface area (TPSA) is 86.7 Å². The van der Waals surface area contributed by atoms with Gasteiger partial charge in [0.2, 0.25) is 0 Å². The molecule has 1 heterocycles. The van der Waals surface area contributed by atoms with E-state index in [1.807, 2.05) is 0 Å². The van der Waals surface area contributed by atoms with Crippen molar-refractivity contribution in [2.45, 2.75) is 12.1 Å². The fourth-order valence-corrected chi connectivity index (χ4v) is 4.29. The number of hydrogen-bond donors (Lipinski definition) is 2. The van der Waals surface area contributed by atoms with Gasteiger partial charge in [0.1, 0.15) is 6.04 Å². The fourth-order valence-electron chi connectivity index (χ4n) is 3.68. The maximum atomic E-state index is 13.8. The maximum Gasteiger partial charge on any atom is 0.331 e. The van der Waals surface area contributed by atoms with Crippen LogP contribution in [0.15, 0.2) is 71.2 Å². The molecule has 2 amide bonds. The van der Waals surface area contributed by atoms with Gasteiger partial charge in [-0.2, -0.15) is 0 Å². The van der Waals surface area contributed by atoms with Crippen LogP contribution >= 0.6 is 39.1 Å². The molecule has 0 aliphatic carbocycles. The van der Waals surface area contributed by atoms with Gasteiger partial charge in [-0.25, -0.2) is 4.79 Å². The normalized spacial score (nSPS) is 16.7. The van der Waals surface area contributed by atoms with Crippen molar-refractivity contribution in [2.75, 3.05) is 5.32 Å². The Morgan fingerprint density at radius 3 is 2.16 bits per heavy atom. The highest BCUT2D eigenvalue weighted by molar-refractivity contribution is 9.10. The molecule has 0 saturated carbocycles. The predicted octanol–water partition coefficient (Wildman–Crippen LogP) is 5.72. The lowest BCUT2D eigenvalue weighted by Crippen LogP contribution is -2.44. The number of hydrogen-bond acceptors (Lipinski definition) is 3. The second-order valence-electron chi connectivity index (χ2n) is 7.14. The predicted molar refractivity (Wildman–Crippen MR) is 125 cm³/mol. The van der Waals surface area contributed by atoms with Gasteiger partial charge in [0.25, 0.3) is 11.8 Å². The molecule has 0 aromatic heterocycles. The third kappa shape index (κ3) is 4.24. The number of fused-ring (bicyclic) bond motifs is 1. The number of carbonyl (C=O) groups is 3. The maximum absolute atomic E-state index is 13.8. The summed E-state index contributed by atoms with van der Waals surface area (Å²) in [5, 5.41) is 13.8. The summed E-state index contributed by atoms with van der Waals surface area (Å²) in [5.41, 5.74) is 1.20. The number of carbonyl (C=O) groups excluding carboxylic acids is 2. The SMILES string of the molecule is O=C(O)C(c1ccc(Cl)cc1)N1C(=O)c2cc(Br)ccc2NC(=O)C1c1ccc(Cl)cc1. The van der Waals surface area contributed by atoms with E-state index in [9.17, 15) is 19.5 Å². The molecule has 2 atom stereocenters. The summed E-state index contributed by atoms with van der Waals surface area (Å²) < 4.78 is 0.613. The van der Waals surface area contributed by atoms with Crippen molar-refractivity contribution in [3.05, 3.63) is 97.9 Å². The van der Waals surface area contributed by atoms with E-state index in [0.717, 1.165) is 4.90 Å². The lowest BCUT2D eigenvalue weighted by molar-refractivity contribution is -0.144. The second kappa shape index (κ2) is 8.94. The van der Waals surface area contributed by atoms with Crippen LogP contribution in [0.3, 0.4) is 0 Å². The zero-order valence-corrected chi connectivity index (χ0v) is 19.4. The number of carboxylic acid groups (broad SMARTS) is 1. The molecule has 32 heavy (non-hydrogen) atoms. The van der Waals surface area contributed by atoms with Gasteiger partial charge in [-0.15, -0.1) is 0 Å². The van der Waals surface area contributed by atoms with Crippen molar-refractivity contribution >= 4 is 62.6 Å². The fraction of sp³-hybridized carbons (Fsp3) is 0.0870. The lowest BCUT2D eigenvalue weighted by Gasteiger charge is -2.34. The molecule has 6 nitrogen and oxygen atoms in total. The third-order valence-electron chi connectivity index (χ3n) is 5.11. The molecule has 0 radical (unpaired) electrons. The Hall–Kier alpha value is -2.87. The highest BCUT2D eigenvalue weighted by Gasteiger charge is 2.43. The number of nitrogens with zero attached hydrogens (tertiary/aromatic N) is 1. The zero-order chi connectivity index (χ0) is 23.0. The summed E-state index contributed by atoms with van der Waals surface area (Å²) in [4.78, 5) is 40.7. The number of anilines is 1. The number of carboxylic acids is 1. The summed E-state index contributed by atoms with van der Waals surface area (Å²) in [5.74, 6) is -2.44. The third-order valence-corrected chi connectivity index (χ3v) is 6.11. The van der Waals surface area contributed by atoms with Gasteiger partial charge in [0.05, 0.1) is 11.3 Å². The van der Waals surface area contributed by atoms with Gasteiger partial charge < -0.3 is 15.3 Å². The monoisotopic (exact) mass is 532 g/mol. The van der Waals surface area contributed by atoms with E-state index in [1.54, 1.807) is 42.5 Å². The molecular weight excluding hydrogens is 519 g/mol. The van der Waals surface area contributed by atoms with Crippen molar-refractivity contribution in [2.24, 2.45) is 0 Å². The first-order valence-corrected chi connectivity index (χ1v) is 11.0. The number of nitrogens with one attached hydrogen (secondary N) is 1. The van der Waals surface area contributed by atoms with Crippen LogP contribution in [0.4, 0.5) is 5.69 Å². The molecule has 0 saturated heterocycles. The molecule has 0 bridgehead atoms. The summed E-state index contributed by atoms with van der Waals surface area (Å²) in [6.07, 6.45) is 0. The highest BCUT2D eigenvalue weighted by Crippen LogP contribution is 2.38.